The van der Waals surface area contributed by atoms with Crippen molar-refractivity contribution in [3.05, 3.63) is 11.1 Å². The van der Waals surface area contributed by atoms with Gasteiger partial charge in [-0.3, -0.25) is 0 Å². The molecular formula is C13H25N3S. The van der Waals surface area contributed by atoms with Crippen molar-refractivity contribution in [3.8, 4) is 0 Å². The molecule has 1 aromatic heterocycles. The Bertz CT molecular complexity index is 324. The summed E-state index contributed by atoms with van der Waals surface area (Å²) < 4.78 is 0. The van der Waals surface area contributed by atoms with Crippen LogP contribution in [-0.4, -0.2) is 24.6 Å². The summed E-state index contributed by atoms with van der Waals surface area (Å²) in [5.74, 6) is 0. The summed E-state index contributed by atoms with van der Waals surface area (Å²) in [7, 11) is 2.14. The molecule has 1 rings (SSSR count). The van der Waals surface area contributed by atoms with E-state index in [2.05, 4.69) is 50.3 Å². The van der Waals surface area contributed by atoms with E-state index in [1.54, 1.807) is 11.3 Å². The van der Waals surface area contributed by atoms with Crippen molar-refractivity contribution in [1.82, 2.24) is 10.3 Å². The van der Waals surface area contributed by atoms with Gasteiger partial charge in [0, 0.05) is 24.5 Å². The molecule has 0 saturated carbocycles. The first-order valence-electron chi connectivity index (χ1n) is 6.51. The highest BCUT2D eigenvalue weighted by atomic mass is 32.1. The lowest BCUT2D eigenvalue weighted by molar-refractivity contribution is 0.582. The lowest BCUT2D eigenvalue weighted by Gasteiger charge is -2.23. The summed E-state index contributed by atoms with van der Waals surface area (Å²) in [6.45, 7) is 9.76. The summed E-state index contributed by atoms with van der Waals surface area (Å²) in [5.41, 5.74) is 1.15. The van der Waals surface area contributed by atoms with Gasteiger partial charge in [-0.25, -0.2) is 4.98 Å². The van der Waals surface area contributed by atoms with Gasteiger partial charge in [0.2, 0.25) is 0 Å². The van der Waals surface area contributed by atoms with Gasteiger partial charge in [-0.2, -0.15) is 0 Å². The number of nitrogens with one attached hydrogen (secondary N) is 1. The van der Waals surface area contributed by atoms with E-state index in [1.807, 2.05) is 0 Å². The molecule has 0 amide bonds. The third-order valence-corrected chi connectivity index (χ3v) is 4.08. The quantitative estimate of drug-likeness (QED) is 0.809. The highest BCUT2D eigenvalue weighted by molar-refractivity contribution is 7.13. The first-order valence-corrected chi connectivity index (χ1v) is 7.39. The molecule has 2 atom stereocenters. The maximum absolute atomic E-state index is 4.71. The van der Waals surface area contributed by atoms with Crippen LogP contribution < -0.4 is 10.2 Å². The molecule has 0 aromatic carbocycles. The largest absolute Gasteiger partial charge is 0.348 e. The average molecular weight is 255 g/mol. The number of hydrogen-bond acceptors (Lipinski definition) is 4. The Labute approximate surface area is 109 Å². The van der Waals surface area contributed by atoms with Gasteiger partial charge in [-0.15, -0.1) is 11.3 Å². The molecule has 0 saturated heterocycles. The Balaban J connectivity index is 2.66. The van der Waals surface area contributed by atoms with E-state index >= 15 is 0 Å². The predicted molar refractivity (Wildman–Crippen MR) is 77.0 cm³/mol. The summed E-state index contributed by atoms with van der Waals surface area (Å²) in [5, 5.41) is 6.69. The number of nitrogens with zero attached hydrogens (tertiary/aromatic N) is 2. The van der Waals surface area contributed by atoms with E-state index in [0.29, 0.717) is 12.1 Å². The molecule has 0 aliphatic rings. The average Bonchev–Trinajstić information content (AvgIpc) is 2.78. The molecule has 2 unspecified atom stereocenters. The van der Waals surface area contributed by atoms with Crippen molar-refractivity contribution in [2.24, 2.45) is 0 Å². The van der Waals surface area contributed by atoms with E-state index in [4.69, 9.17) is 4.98 Å². The Kier molecular flexibility index (Phi) is 5.92. The fraction of sp³-hybridized carbons (Fsp3) is 0.769. The zero-order chi connectivity index (χ0) is 12.8. The molecule has 98 valence electrons. The minimum absolute atomic E-state index is 0.347. The van der Waals surface area contributed by atoms with Crippen LogP contribution in [0.5, 0.6) is 0 Å². The van der Waals surface area contributed by atoms with Crippen LogP contribution in [0, 0.1) is 0 Å². The highest BCUT2D eigenvalue weighted by Gasteiger charge is 2.14. The SMILES string of the molecule is CCCC(C)N(C)c1nc(C(C)NCC)cs1. The normalized spacial score (nSPS) is 14.6. The van der Waals surface area contributed by atoms with Crippen LogP contribution in [0.2, 0.25) is 0 Å². The van der Waals surface area contributed by atoms with Crippen LogP contribution >= 0.6 is 11.3 Å². The van der Waals surface area contributed by atoms with Crippen molar-refractivity contribution in [1.29, 1.82) is 0 Å². The highest BCUT2D eigenvalue weighted by Crippen LogP contribution is 2.25. The van der Waals surface area contributed by atoms with E-state index in [9.17, 15) is 0 Å². The summed E-state index contributed by atoms with van der Waals surface area (Å²) in [6, 6.07) is 0.910. The zero-order valence-corrected chi connectivity index (χ0v) is 12.5. The van der Waals surface area contributed by atoms with Gasteiger partial charge in [0.1, 0.15) is 0 Å². The van der Waals surface area contributed by atoms with Gasteiger partial charge in [0.05, 0.1) is 5.69 Å². The second-order valence-corrected chi connectivity index (χ2v) is 5.42. The second kappa shape index (κ2) is 6.97. The first-order chi connectivity index (χ1) is 8.10. The fourth-order valence-corrected chi connectivity index (χ4v) is 2.84. The zero-order valence-electron chi connectivity index (χ0n) is 11.7. The van der Waals surface area contributed by atoms with E-state index in [0.717, 1.165) is 17.4 Å². The van der Waals surface area contributed by atoms with Gasteiger partial charge < -0.3 is 10.2 Å². The minimum atomic E-state index is 0.347. The summed E-state index contributed by atoms with van der Waals surface area (Å²) in [4.78, 5) is 7.00. The van der Waals surface area contributed by atoms with Crippen molar-refractivity contribution < 1.29 is 0 Å². The third-order valence-electron chi connectivity index (χ3n) is 3.13. The maximum atomic E-state index is 4.71. The molecule has 4 heteroatoms. The Morgan fingerprint density at radius 2 is 2.12 bits per heavy atom. The van der Waals surface area contributed by atoms with Crippen molar-refractivity contribution >= 4 is 16.5 Å². The molecule has 1 N–H and O–H groups in total. The number of thiazole rings is 1. The van der Waals surface area contributed by atoms with Crippen LogP contribution in [0.1, 0.15) is 52.3 Å². The number of rotatable bonds is 7. The molecule has 0 radical (unpaired) electrons. The van der Waals surface area contributed by atoms with Gasteiger partial charge in [0.25, 0.3) is 0 Å². The summed E-state index contributed by atoms with van der Waals surface area (Å²) in [6.07, 6.45) is 2.44. The van der Waals surface area contributed by atoms with Crippen LogP contribution in [0.4, 0.5) is 5.13 Å². The number of anilines is 1. The fourth-order valence-electron chi connectivity index (χ4n) is 1.85. The van der Waals surface area contributed by atoms with Crippen LogP contribution in [0.15, 0.2) is 5.38 Å². The van der Waals surface area contributed by atoms with Crippen LogP contribution in [0.25, 0.3) is 0 Å². The first kappa shape index (κ1) is 14.5. The smallest absolute Gasteiger partial charge is 0.185 e. The Morgan fingerprint density at radius 3 is 2.71 bits per heavy atom. The number of hydrogen-bond donors (Lipinski definition) is 1. The number of aromatic nitrogens is 1. The Hall–Kier alpha value is -0.610. The van der Waals surface area contributed by atoms with Gasteiger partial charge in [-0.05, 0) is 26.8 Å². The van der Waals surface area contributed by atoms with Gasteiger partial charge >= 0.3 is 0 Å². The molecule has 3 nitrogen and oxygen atoms in total. The van der Waals surface area contributed by atoms with E-state index in [-0.39, 0.29) is 0 Å². The molecule has 0 bridgehead atoms. The molecule has 17 heavy (non-hydrogen) atoms. The molecule has 1 heterocycles. The molecular weight excluding hydrogens is 230 g/mol. The van der Waals surface area contributed by atoms with E-state index in [1.165, 1.54) is 12.8 Å². The van der Waals surface area contributed by atoms with Gasteiger partial charge in [-0.1, -0.05) is 20.3 Å². The van der Waals surface area contributed by atoms with Gasteiger partial charge in [0.15, 0.2) is 5.13 Å². The van der Waals surface area contributed by atoms with Crippen molar-refractivity contribution in [2.75, 3.05) is 18.5 Å². The molecule has 1 aromatic rings. The molecule has 0 fully saturated rings. The standard InChI is InChI=1S/C13H25N3S/c1-6-8-10(3)16(5)13-15-12(9-17-13)11(4)14-7-2/h9-11,14H,6-8H2,1-5H3. The summed E-state index contributed by atoms with van der Waals surface area (Å²) >= 11 is 1.74. The molecule has 0 spiro atoms. The predicted octanol–water partition coefficient (Wildman–Crippen LogP) is 3.44. The second-order valence-electron chi connectivity index (χ2n) is 4.58. The molecule has 0 aliphatic heterocycles. The van der Waals surface area contributed by atoms with Crippen LogP contribution in [0.3, 0.4) is 0 Å². The minimum Gasteiger partial charge on any atom is -0.348 e. The van der Waals surface area contributed by atoms with Crippen molar-refractivity contribution in [2.45, 2.75) is 52.6 Å². The monoisotopic (exact) mass is 255 g/mol. The van der Waals surface area contributed by atoms with Crippen molar-refractivity contribution in [3.63, 3.8) is 0 Å². The third kappa shape index (κ3) is 3.96. The maximum Gasteiger partial charge on any atom is 0.185 e. The van der Waals surface area contributed by atoms with E-state index < -0.39 is 0 Å². The van der Waals surface area contributed by atoms with Crippen LogP contribution in [-0.2, 0) is 0 Å². The topological polar surface area (TPSA) is 28.2 Å². The lowest BCUT2D eigenvalue weighted by atomic mass is 10.2. The lowest BCUT2D eigenvalue weighted by Crippen LogP contribution is -2.28. The Morgan fingerprint density at radius 1 is 1.41 bits per heavy atom. The molecule has 0 aliphatic carbocycles.